The summed E-state index contributed by atoms with van der Waals surface area (Å²) < 4.78 is 5.27. The van der Waals surface area contributed by atoms with Crippen LogP contribution < -0.4 is 10.6 Å². The molecule has 0 aliphatic carbocycles. The molecule has 0 amide bonds. The molecular weight excluding hydrogens is 188 g/mol. The fraction of sp³-hybridized carbons (Fsp3) is 0.778. The molecule has 1 fully saturated rings. The highest BCUT2D eigenvalue weighted by Crippen LogP contribution is 2.13. The lowest BCUT2D eigenvalue weighted by molar-refractivity contribution is 0.0671. The van der Waals surface area contributed by atoms with Crippen LogP contribution in [0.15, 0.2) is 11.4 Å². The summed E-state index contributed by atoms with van der Waals surface area (Å²) in [6.45, 7) is 2.72. The van der Waals surface area contributed by atoms with Gasteiger partial charge in [0.05, 0.1) is 0 Å². The Balaban J connectivity index is 2.13. The van der Waals surface area contributed by atoms with Gasteiger partial charge in [0.2, 0.25) is 0 Å². The Hall–Kier alpha value is -0.410. The van der Waals surface area contributed by atoms with Crippen molar-refractivity contribution in [3.8, 4) is 0 Å². The van der Waals surface area contributed by atoms with Gasteiger partial charge in [0.15, 0.2) is 0 Å². The quantitative estimate of drug-likeness (QED) is 0.677. The molecule has 1 rings (SSSR count). The highest BCUT2D eigenvalue weighted by Gasteiger charge is 2.12. The lowest BCUT2D eigenvalue weighted by atomic mass is 10.0. The van der Waals surface area contributed by atoms with E-state index in [1.807, 2.05) is 7.05 Å². The molecule has 0 radical (unpaired) electrons. The van der Waals surface area contributed by atoms with Crippen LogP contribution in [-0.4, -0.2) is 26.8 Å². The van der Waals surface area contributed by atoms with Crippen LogP contribution in [-0.2, 0) is 4.74 Å². The molecule has 0 spiro atoms. The minimum atomic E-state index is 0.675. The van der Waals surface area contributed by atoms with Gasteiger partial charge in [0.1, 0.15) is 5.16 Å². The molecule has 1 saturated heterocycles. The topological polar surface area (TPSA) is 33.3 Å². The monoisotopic (exact) mass is 204 g/mol. The van der Waals surface area contributed by atoms with Crippen LogP contribution in [0.4, 0.5) is 0 Å². The maximum absolute atomic E-state index is 5.86. The Labute approximate surface area is 84.5 Å². The van der Waals surface area contributed by atoms with Crippen LogP contribution in [0.5, 0.6) is 0 Å². The van der Waals surface area contributed by atoms with Crippen LogP contribution in [0, 0.1) is 5.92 Å². The zero-order chi connectivity index (χ0) is 9.52. The van der Waals surface area contributed by atoms with Crippen LogP contribution in [0.3, 0.4) is 0 Å². The molecule has 13 heavy (non-hydrogen) atoms. The van der Waals surface area contributed by atoms with E-state index >= 15 is 0 Å². The van der Waals surface area contributed by atoms with Gasteiger partial charge in [-0.2, -0.15) is 0 Å². The number of nitrogens with one attached hydrogen (secondary N) is 2. The van der Waals surface area contributed by atoms with Crippen LogP contribution in [0.1, 0.15) is 12.8 Å². The van der Waals surface area contributed by atoms with Crippen LogP contribution in [0.2, 0.25) is 0 Å². The highest BCUT2D eigenvalue weighted by atomic mass is 35.5. The van der Waals surface area contributed by atoms with Crippen LogP contribution >= 0.6 is 11.6 Å². The average Bonchev–Trinajstić information content (AvgIpc) is 2.17. The zero-order valence-electron chi connectivity index (χ0n) is 7.98. The minimum absolute atomic E-state index is 0.675. The van der Waals surface area contributed by atoms with Crippen molar-refractivity contribution in [3.05, 3.63) is 11.4 Å². The molecule has 1 heterocycles. The van der Waals surface area contributed by atoms with Gasteiger partial charge in [-0.25, -0.2) is 0 Å². The van der Waals surface area contributed by atoms with Crippen molar-refractivity contribution in [2.75, 3.05) is 26.8 Å². The van der Waals surface area contributed by atoms with E-state index in [1.54, 1.807) is 6.20 Å². The fourth-order valence-corrected chi connectivity index (χ4v) is 1.56. The lowest BCUT2D eigenvalue weighted by Gasteiger charge is -2.22. The molecule has 1 aliphatic rings. The number of rotatable bonds is 4. The predicted molar refractivity (Wildman–Crippen MR) is 54.5 cm³/mol. The normalized spacial score (nSPS) is 20.0. The van der Waals surface area contributed by atoms with Gasteiger partial charge in [-0.05, 0) is 18.8 Å². The molecule has 0 aromatic rings. The summed E-state index contributed by atoms with van der Waals surface area (Å²) in [5.41, 5.74) is 0. The summed E-state index contributed by atoms with van der Waals surface area (Å²) in [5.74, 6) is 0.702. The van der Waals surface area contributed by atoms with Gasteiger partial charge in [-0.1, -0.05) is 11.6 Å². The molecule has 0 aromatic carbocycles. The molecule has 0 atom stereocenters. The highest BCUT2D eigenvalue weighted by molar-refractivity contribution is 6.29. The molecule has 4 heteroatoms. The Morgan fingerprint density at radius 2 is 2.23 bits per heavy atom. The Kier molecular flexibility index (Phi) is 5.01. The van der Waals surface area contributed by atoms with E-state index in [4.69, 9.17) is 16.3 Å². The number of ether oxygens (including phenoxy) is 1. The maximum Gasteiger partial charge on any atom is 0.118 e. The molecule has 3 nitrogen and oxygen atoms in total. The molecule has 2 N–H and O–H groups in total. The van der Waals surface area contributed by atoms with Gasteiger partial charge >= 0.3 is 0 Å². The zero-order valence-corrected chi connectivity index (χ0v) is 8.73. The third-order valence-electron chi connectivity index (χ3n) is 2.17. The summed E-state index contributed by atoms with van der Waals surface area (Å²) in [4.78, 5) is 0. The summed E-state index contributed by atoms with van der Waals surface area (Å²) >= 11 is 5.86. The molecule has 0 bridgehead atoms. The Bertz CT molecular complexity index is 167. The predicted octanol–water partition coefficient (Wildman–Crippen LogP) is 1.26. The lowest BCUT2D eigenvalue weighted by Crippen LogP contribution is -2.26. The van der Waals surface area contributed by atoms with Gasteiger partial charge < -0.3 is 15.4 Å². The van der Waals surface area contributed by atoms with Gasteiger partial charge in [0, 0.05) is 33.0 Å². The molecule has 0 saturated carbocycles. The first kappa shape index (κ1) is 10.7. The Morgan fingerprint density at radius 3 is 2.85 bits per heavy atom. The summed E-state index contributed by atoms with van der Waals surface area (Å²) in [5, 5.41) is 6.71. The van der Waals surface area contributed by atoms with Crippen molar-refractivity contribution < 1.29 is 4.74 Å². The molecular formula is C9H17ClN2O. The summed E-state index contributed by atoms with van der Waals surface area (Å²) in [7, 11) is 1.83. The van der Waals surface area contributed by atoms with Crippen molar-refractivity contribution in [2.24, 2.45) is 5.92 Å². The summed E-state index contributed by atoms with van der Waals surface area (Å²) in [6.07, 6.45) is 4.02. The van der Waals surface area contributed by atoms with Crippen LogP contribution in [0.25, 0.3) is 0 Å². The van der Waals surface area contributed by atoms with E-state index < -0.39 is 0 Å². The van der Waals surface area contributed by atoms with E-state index in [9.17, 15) is 0 Å². The summed E-state index contributed by atoms with van der Waals surface area (Å²) in [6, 6.07) is 0. The van der Waals surface area contributed by atoms with Gasteiger partial charge in [-0.3, -0.25) is 0 Å². The van der Waals surface area contributed by atoms with Crippen molar-refractivity contribution in [2.45, 2.75) is 12.8 Å². The van der Waals surface area contributed by atoms with E-state index in [0.717, 1.165) is 32.6 Å². The van der Waals surface area contributed by atoms with E-state index in [2.05, 4.69) is 10.6 Å². The maximum atomic E-state index is 5.86. The SMILES string of the molecule is CN/C=C(/Cl)NCC1CCOCC1. The average molecular weight is 205 g/mol. The van der Waals surface area contributed by atoms with E-state index in [1.165, 1.54) is 0 Å². The van der Waals surface area contributed by atoms with Crippen molar-refractivity contribution >= 4 is 11.6 Å². The minimum Gasteiger partial charge on any atom is -0.392 e. The molecule has 0 unspecified atom stereocenters. The second-order valence-electron chi connectivity index (χ2n) is 3.22. The standard InChI is InChI=1S/C9H17ClN2O/c1-11-7-9(10)12-6-8-2-4-13-5-3-8/h7-8,11-12H,2-6H2,1H3/b9-7-. The number of hydrogen-bond acceptors (Lipinski definition) is 3. The molecule has 0 aromatic heterocycles. The third-order valence-corrected chi connectivity index (χ3v) is 2.41. The van der Waals surface area contributed by atoms with Crippen molar-refractivity contribution in [1.82, 2.24) is 10.6 Å². The second-order valence-corrected chi connectivity index (χ2v) is 3.62. The van der Waals surface area contributed by atoms with E-state index in [0.29, 0.717) is 11.1 Å². The third kappa shape index (κ3) is 4.39. The first-order chi connectivity index (χ1) is 6.33. The van der Waals surface area contributed by atoms with Crippen molar-refractivity contribution in [3.63, 3.8) is 0 Å². The largest absolute Gasteiger partial charge is 0.392 e. The molecule has 1 aliphatic heterocycles. The first-order valence-electron chi connectivity index (χ1n) is 4.67. The van der Waals surface area contributed by atoms with Gasteiger partial charge in [0.25, 0.3) is 0 Å². The number of halogens is 1. The first-order valence-corrected chi connectivity index (χ1v) is 5.05. The second kappa shape index (κ2) is 6.11. The Morgan fingerprint density at radius 1 is 1.54 bits per heavy atom. The smallest absolute Gasteiger partial charge is 0.118 e. The van der Waals surface area contributed by atoms with E-state index in [-0.39, 0.29) is 0 Å². The molecule has 76 valence electrons. The van der Waals surface area contributed by atoms with Crippen molar-refractivity contribution in [1.29, 1.82) is 0 Å². The van der Waals surface area contributed by atoms with Gasteiger partial charge in [-0.15, -0.1) is 0 Å². The fourth-order valence-electron chi connectivity index (χ4n) is 1.37. The number of hydrogen-bond donors (Lipinski definition) is 2.